The quantitative estimate of drug-likeness (QED) is 0.874. The molecule has 1 aliphatic rings. The highest BCUT2D eigenvalue weighted by atomic mass is 35.5. The molecule has 0 saturated heterocycles. The zero-order chi connectivity index (χ0) is 13.2. The van der Waals surface area contributed by atoms with Crippen LogP contribution in [0.5, 0.6) is 0 Å². The predicted octanol–water partition coefficient (Wildman–Crippen LogP) is 4.84. The molecule has 1 aromatic heterocycles. The fraction of sp³-hybridized carbons (Fsp3) is 0.267. The van der Waals surface area contributed by atoms with Crippen molar-refractivity contribution in [1.29, 1.82) is 5.26 Å². The highest BCUT2D eigenvalue weighted by Gasteiger charge is 2.32. The van der Waals surface area contributed by atoms with Crippen LogP contribution in [0.15, 0.2) is 35.7 Å². The van der Waals surface area contributed by atoms with E-state index in [4.69, 9.17) is 16.9 Å². The third-order valence-electron chi connectivity index (χ3n) is 3.35. The number of rotatable bonds is 4. The van der Waals surface area contributed by atoms with E-state index >= 15 is 0 Å². The molecule has 2 nitrogen and oxygen atoms in total. The van der Waals surface area contributed by atoms with Crippen LogP contribution in [-0.2, 0) is 0 Å². The second-order valence-electron chi connectivity index (χ2n) is 4.78. The minimum atomic E-state index is 0.354. The van der Waals surface area contributed by atoms with Crippen LogP contribution in [0.1, 0.15) is 29.3 Å². The monoisotopic (exact) mass is 288 g/mol. The first kappa shape index (κ1) is 12.5. The van der Waals surface area contributed by atoms with Gasteiger partial charge >= 0.3 is 0 Å². The molecule has 1 aliphatic carbocycles. The summed E-state index contributed by atoms with van der Waals surface area (Å²) in [5, 5.41) is 15.2. The molecule has 3 rings (SSSR count). The number of halogens is 1. The number of nitriles is 1. The Morgan fingerprint density at radius 1 is 1.37 bits per heavy atom. The average molecular weight is 289 g/mol. The summed E-state index contributed by atoms with van der Waals surface area (Å²) in [7, 11) is 0. The minimum Gasteiger partial charge on any atom is -0.377 e. The lowest BCUT2D eigenvalue weighted by Crippen LogP contribution is -2.11. The molecule has 0 amide bonds. The van der Waals surface area contributed by atoms with Crippen LogP contribution in [0.3, 0.4) is 0 Å². The molecule has 2 aromatic rings. The number of hydrogen-bond donors (Lipinski definition) is 1. The van der Waals surface area contributed by atoms with Crippen LogP contribution in [0.25, 0.3) is 0 Å². The van der Waals surface area contributed by atoms with E-state index in [2.05, 4.69) is 28.9 Å². The Morgan fingerprint density at radius 3 is 2.84 bits per heavy atom. The van der Waals surface area contributed by atoms with Crippen LogP contribution >= 0.6 is 22.9 Å². The molecule has 1 fully saturated rings. The number of nitrogens with zero attached hydrogens (tertiary/aromatic N) is 1. The van der Waals surface area contributed by atoms with Gasteiger partial charge in [-0.25, -0.2) is 0 Å². The van der Waals surface area contributed by atoms with Crippen LogP contribution < -0.4 is 5.32 Å². The molecule has 1 unspecified atom stereocenters. The third kappa shape index (κ3) is 2.75. The van der Waals surface area contributed by atoms with Crippen molar-refractivity contribution >= 4 is 28.6 Å². The molecule has 0 bridgehead atoms. The normalized spacial score (nSPS) is 15.8. The average Bonchev–Trinajstić information content (AvgIpc) is 3.12. The molecular weight excluding hydrogens is 276 g/mol. The Kier molecular flexibility index (Phi) is 3.46. The highest BCUT2D eigenvalue weighted by molar-refractivity contribution is 7.10. The highest BCUT2D eigenvalue weighted by Crippen LogP contribution is 2.44. The Bertz CT molecular complexity index is 612. The van der Waals surface area contributed by atoms with Crippen molar-refractivity contribution < 1.29 is 0 Å². The first-order valence-electron chi connectivity index (χ1n) is 6.27. The molecular formula is C15H13ClN2S. The molecule has 1 saturated carbocycles. The summed E-state index contributed by atoms with van der Waals surface area (Å²) in [5.41, 5.74) is 1.48. The van der Waals surface area contributed by atoms with E-state index in [9.17, 15) is 0 Å². The molecule has 1 heterocycles. The van der Waals surface area contributed by atoms with E-state index in [1.807, 2.05) is 12.1 Å². The standard InChI is InChI=1S/C15H13ClN2S/c16-13-6-5-12(8-11(13)9-17)18-15(10-3-4-10)14-2-1-7-19-14/h1-2,5-8,10,15,18H,3-4H2. The summed E-state index contributed by atoms with van der Waals surface area (Å²) in [6.45, 7) is 0. The van der Waals surface area contributed by atoms with Crippen molar-refractivity contribution in [2.24, 2.45) is 5.92 Å². The minimum absolute atomic E-state index is 0.354. The first-order chi connectivity index (χ1) is 9.28. The van der Waals surface area contributed by atoms with E-state index in [0.717, 1.165) is 5.69 Å². The fourth-order valence-electron chi connectivity index (χ4n) is 2.20. The lowest BCUT2D eigenvalue weighted by Gasteiger charge is -2.18. The van der Waals surface area contributed by atoms with Gasteiger partial charge in [-0.2, -0.15) is 5.26 Å². The smallest absolute Gasteiger partial charge is 0.101 e. The second-order valence-corrected chi connectivity index (χ2v) is 6.17. The zero-order valence-corrected chi connectivity index (χ0v) is 11.8. The van der Waals surface area contributed by atoms with Gasteiger partial charge in [0, 0.05) is 10.6 Å². The maximum absolute atomic E-state index is 9.02. The summed E-state index contributed by atoms with van der Waals surface area (Å²) >= 11 is 7.74. The van der Waals surface area contributed by atoms with Crippen molar-refractivity contribution in [2.75, 3.05) is 5.32 Å². The molecule has 1 atom stereocenters. The van der Waals surface area contributed by atoms with E-state index in [1.165, 1.54) is 17.7 Å². The molecule has 0 radical (unpaired) electrons. The Hall–Kier alpha value is -1.50. The van der Waals surface area contributed by atoms with Gasteiger partial charge in [0.05, 0.1) is 16.6 Å². The van der Waals surface area contributed by atoms with Gasteiger partial charge in [-0.1, -0.05) is 17.7 Å². The molecule has 4 heteroatoms. The Morgan fingerprint density at radius 2 is 2.21 bits per heavy atom. The SMILES string of the molecule is N#Cc1cc(NC(c2cccs2)C2CC2)ccc1Cl. The summed E-state index contributed by atoms with van der Waals surface area (Å²) in [4.78, 5) is 1.36. The number of benzene rings is 1. The van der Waals surface area contributed by atoms with Crippen LogP contribution in [0, 0.1) is 17.2 Å². The molecule has 1 aromatic carbocycles. The van der Waals surface area contributed by atoms with Gasteiger partial charge in [0.2, 0.25) is 0 Å². The van der Waals surface area contributed by atoms with E-state index in [0.29, 0.717) is 22.5 Å². The second kappa shape index (κ2) is 5.24. The van der Waals surface area contributed by atoms with Gasteiger partial charge in [-0.3, -0.25) is 0 Å². The van der Waals surface area contributed by atoms with E-state index in [1.54, 1.807) is 17.4 Å². The van der Waals surface area contributed by atoms with Crippen LogP contribution in [0.4, 0.5) is 5.69 Å². The van der Waals surface area contributed by atoms with Crippen molar-refractivity contribution in [3.05, 3.63) is 51.2 Å². The summed E-state index contributed by atoms with van der Waals surface area (Å²) < 4.78 is 0. The number of nitrogens with one attached hydrogen (secondary N) is 1. The van der Waals surface area contributed by atoms with Gasteiger partial charge in [-0.05, 0) is 48.4 Å². The molecule has 96 valence electrons. The third-order valence-corrected chi connectivity index (χ3v) is 4.64. The molecule has 0 spiro atoms. The van der Waals surface area contributed by atoms with Gasteiger partial charge in [-0.15, -0.1) is 11.3 Å². The Labute approximate surface area is 121 Å². The van der Waals surface area contributed by atoms with Crippen molar-refractivity contribution in [1.82, 2.24) is 0 Å². The predicted molar refractivity (Wildman–Crippen MR) is 79.6 cm³/mol. The lowest BCUT2D eigenvalue weighted by atomic mass is 10.1. The summed E-state index contributed by atoms with van der Waals surface area (Å²) in [6, 6.07) is 12.3. The maximum Gasteiger partial charge on any atom is 0.101 e. The maximum atomic E-state index is 9.02. The van der Waals surface area contributed by atoms with E-state index in [-0.39, 0.29) is 0 Å². The van der Waals surface area contributed by atoms with Crippen molar-refractivity contribution in [3.8, 4) is 6.07 Å². The molecule has 1 N–H and O–H groups in total. The lowest BCUT2D eigenvalue weighted by molar-refractivity contribution is 0.691. The number of hydrogen-bond acceptors (Lipinski definition) is 3. The van der Waals surface area contributed by atoms with E-state index < -0.39 is 0 Å². The number of anilines is 1. The summed E-state index contributed by atoms with van der Waals surface area (Å²) in [6.07, 6.45) is 2.54. The number of thiophene rings is 1. The van der Waals surface area contributed by atoms with Crippen molar-refractivity contribution in [2.45, 2.75) is 18.9 Å². The van der Waals surface area contributed by atoms with Gasteiger partial charge in [0.1, 0.15) is 6.07 Å². The fourth-order valence-corrected chi connectivity index (χ4v) is 3.23. The van der Waals surface area contributed by atoms with Gasteiger partial charge in [0.15, 0.2) is 0 Å². The van der Waals surface area contributed by atoms with Crippen LogP contribution in [-0.4, -0.2) is 0 Å². The van der Waals surface area contributed by atoms with Gasteiger partial charge < -0.3 is 5.32 Å². The van der Waals surface area contributed by atoms with Gasteiger partial charge in [0.25, 0.3) is 0 Å². The first-order valence-corrected chi connectivity index (χ1v) is 7.53. The Balaban J connectivity index is 1.85. The largest absolute Gasteiger partial charge is 0.377 e. The molecule has 0 aliphatic heterocycles. The zero-order valence-electron chi connectivity index (χ0n) is 10.3. The molecule has 19 heavy (non-hydrogen) atoms. The summed E-state index contributed by atoms with van der Waals surface area (Å²) in [5.74, 6) is 0.708. The van der Waals surface area contributed by atoms with Crippen molar-refractivity contribution in [3.63, 3.8) is 0 Å². The van der Waals surface area contributed by atoms with Crippen LogP contribution in [0.2, 0.25) is 5.02 Å². The topological polar surface area (TPSA) is 35.8 Å².